The van der Waals surface area contributed by atoms with E-state index in [0.717, 1.165) is 12.1 Å². The fourth-order valence-electron chi connectivity index (χ4n) is 2.37. The van der Waals surface area contributed by atoms with Crippen molar-refractivity contribution < 1.29 is 22.8 Å². The molecule has 23 heavy (non-hydrogen) atoms. The monoisotopic (exact) mass is 348 g/mol. The molecule has 0 aliphatic carbocycles. The van der Waals surface area contributed by atoms with E-state index >= 15 is 0 Å². The zero-order chi connectivity index (χ0) is 17.2. The van der Waals surface area contributed by atoms with Crippen molar-refractivity contribution >= 4 is 29.1 Å². The van der Waals surface area contributed by atoms with E-state index in [4.69, 9.17) is 11.6 Å². The standard InChI is InChI=1S/C15H16ClF3N2O2/c1-2-11(16)13(22)20-12-6-7-21(14(12)23)10-5-3-4-9(8-10)15(17,18)19/h3-5,8,11-12H,2,6-7H2,1H3,(H,20,22). The first-order valence-corrected chi connectivity index (χ1v) is 7.60. The highest BCUT2D eigenvalue weighted by molar-refractivity contribution is 6.30. The first-order valence-electron chi connectivity index (χ1n) is 7.17. The van der Waals surface area contributed by atoms with Gasteiger partial charge in [-0.2, -0.15) is 13.2 Å². The summed E-state index contributed by atoms with van der Waals surface area (Å²) in [5, 5.41) is 1.81. The van der Waals surface area contributed by atoms with Crippen molar-refractivity contribution in [3.63, 3.8) is 0 Å². The summed E-state index contributed by atoms with van der Waals surface area (Å²) < 4.78 is 38.3. The molecule has 1 aromatic carbocycles. The maximum absolute atomic E-state index is 12.8. The van der Waals surface area contributed by atoms with Crippen LogP contribution >= 0.6 is 11.6 Å². The minimum atomic E-state index is -4.47. The zero-order valence-corrected chi connectivity index (χ0v) is 13.1. The van der Waals surface area contributed by atoms with Crippen LogP contribution in [-0.4, -0.2) is 29.8 Å². The van der Waals surface area contributed by atoms with Crippen molar-refractivity contribution in [1.82, 2.24) is 5.32 Å². The molecule has 126 valence electrons. The van der Waals surface area contributed by atoms with Crippen LogP contribution in [-0.2, 0) is 15.8 Å². The van der Waals surface area contributed by atoms with Crippen molar-refractivity contribution in [1.29, 1.82) is 0 Å². The van der Waals surface area contributed by atoms with Gasteiger partial charge in [0.05, 0.1) is 5.56 Å². The van der Waals surface area contributed by atoms with E-state index in [-0.39, 0.29) is 12.2 Å². The van der Waals surface area contributed by atoms with Crippen LogP contribution in [0.4, 0.5) is 18.9 Å². The second kappa shape index (κ2) is 6.78. The Kier molecular flexibility index (Phi) is 5.19. The molecule has 0 radical (unpaired) electrons. The molecule has 1 heterocycles. The van der Waals surface area contributed by atoms with Gasteiger partial charge in [0.1, 0.15) is 11.4 Å². The summed E-state index contributed by atoms with van der Waals surface area (Å²) in [6, 6.07) is 3.81. The number of benzene rings is 1. The topological polar surface area (TPSA) is 49.4 Å². The van der Waals surface area contributed by atoms with Crippen LogP contribution in [0.3, 0.4) is 0 Å². The quantitative estimate of drug-likeness (QED) is 0.850. The summed E-state index contributed by atoms with van der Waals surface area (Å²) in [6.07, 6.45) is -3.72. The number of amides is 2. The first-order chi connectivity index (χ1) is 10.7. The van der Waals surface area contributed by atoms with Gasteiger partial charge in [0.25, 0.3) is 0 Å². The predicted octanol–water partition coefficient (Wildman–Crippen LogP) is 2.94. The van der Waals surface area contributed by atoms with Crippen LogP contribution in [0.5, 0.6) is 0 Å². The van der Waals surface area contributed by atoms with E-state index in [1.54, 1.807) is 6.92 Å². The number of alkyl halides is 4. The lowest BCUT2D eigenvalue weighted by molar-refractivity contribution is -0.137. The van der Waals surface area contributed by atoms with Crippen LogP contribution < -0.4 is 10.2 Å². The van der Waals surface area contributed by atoms with Gasteiger partial charge in [0, 0.05) is 12.2 Å². The van der Waals surface area contributed by atoms with E-state index in [2.05, 4.69) is 5.32 Å². The van der Waals surface area contributed by atoms with Gasteiger partial charge in [-0.25, -0.2) is 0 Å². The summed E-state index contributed by atoms with van der Waals surface area (Å²) in [5.74, 6) is -0.879. The maximum Gasteiger partial charge on any atom is 0.416 e. The molecule has 1 fully saturated rings. The molecule has 2 amide bonds. The first kappa shape index (κ1) is 17.6. The Hall–Kier alpha value is -1.76. The summed E-state index contributed by atoms with van der Waals surface area (Å²) in [5.41, 5.74) is -0.651. The van der Waals surface area contributed by atoms with Crippen molar-refractivity contribution in [2.24, 2.45) is 0 Å². The molecular weight excluding hydrogens is 333 g/mol. The molecule has 2 atom stereocenters. The Morgan fingerprint density at radius 2 is 2.17 bits per heavy atom. The molecule has 2 unspecified atom stereocenters. The van der Waals surface area contributed by atoms with Gasteiger partial charge in [-0.05, 0) is 31.0 Å². The molecule has 1 aliphatic heterocycles. The molecule has 1 N–H and O–H groups in total. The number of hydrogen-bond acceptors (Lipinski definition) is 2. The van der Waals surface area contributed by atoms with Gasteiger partial charge in [-0.1, -0.05) is 13.0 Å². The largest absolute Gasteiger partial charge is 0.416 e. The van der Waals surface area contributed by atoms with Gasteiger partial charge >= 0.3 is 6.18 Å². The Bertz CT molecular complexity index is 607. The molecule has 1 saturated heterocycles. The minimum Gasteiger partial charge on any atom is -0.343 e. The molecule has 0 saturated carbocycles. The molecule has 4 nitrogen and oxygen atoms in total. The minimum absolute atomic E-state index is 0.166. The van der Waals surface area contributed by atoms with E-state index in [9.17, 15) is 22.8 Å². The number of halogens is 4. The zero-order valence-electron chi connectivity index (χ0n) is 12.4. The number of nitrogens with one attached hydrogen (secondary N) is 1. The molecule has 1 aromatic rings. The number of nitrogens with zero attached hydrogens (tertiary/aromatic N) is 1. The van der Waals surface area contributed by atoms with Crippen LogP contribution in [0.2, 0.25) is 0 Å². The number of rotatable bonds is 4. The Morgan fingerprint density at radius 1 is 1.48 bits per heavy atom. The molecule has 0 spiro atoms. The Balaban J connectivity index is 2.12. The molecule has 2 rings (SSSR count). The second-order valence-electron chi connectivity index (χ2n) is 5.26. The number of hydrogen-bond donors (Lipinski definition) is 1. The van der Waals surface area contributed by atoms with E-state index in [1.165, 1.54) is 17.0 Å². The van der Waals surface area contributed by atoms with Gasteiger partial charge in [0.15, 0.2) is 0 Å². The summed E-state index contributed by atoms with van der Waals surface area (Å²) >= 11 is 5.80. The summed E-state index contributed by atoms with van der Waals surface area (Å²) in [6.45, 7) is 1.98. The van der Waals surface area contributed by atoms with Crippen LogP contribution in [0.15, 0.2) is 24.3 Å². The van der Waals surface area contributed by atoms with E-state index in [1.807, 2.05) is 0 Å². The molecule has 1 aliphatic rings. The molecular formula is C15H16ClF3N2O2. The van der Waals surface area contributed by atoms with Crippen LogP contribution in [0, 0.1) is 0 Å². The fourth-order valence-corrected chi connectivity index (χ4v) is 2.43. The Labute approximate surface area is 136 Å². The highest BCUT2D eigenvalue weighted by atomic mass is 35.5. The predicted molar refractivity (Wildman–Crippen MR) is 80.3 cm³/mol. The maximum atomic E-state index is 12.8. The average Bonchev–Trinajstić information content (AvgIpc) is 2.86. The van der Waals surface area contributed by atoms with Crippen LogP contribution in [0.25, 0.3) is 0 Å². The molecule has 0 bridgehead atoms. The van der Waals surface area contributed by atoms with Crippen molar-refractivity contribution in [3.05, 3.63) is 29.8 Å². The smallest absolute Gasteiger partial charge is 0.343 e. The molecule has 8 heteroatoms. The van der Waals surface area contributed by atoms with E-state index < -0.39 is 35.0 Å². The third-order valence-corrected chi connectivity index (χ3v) is 4.16. The van der Waals surface area contributed by atoms with Crippen molar-refractivity contribution in [3.8, 4) is 0 Å². The number of carbonyl (C=O) groups excluding carboxylic acids is 2. The molecule has 0 aromatic heterocycles. The van der Waals surface area contributed by atoms with Crippen LogP contribution in [0.1, 0.15) is 25.3 Å². The third-order valence-electron chi connectivity index (χ3n) is 3.65. The van der Waals surface area contributed by atoms with Gasteiger partial charge in [0.2, 0.25) is 11.8 Å². The second-order valence-corrected chi connectivity index (χ2v) is 5.79. The lowest BCUT2D eigenvalue weighted by Crippen LogP contribution is -2.44. The van der Waals surface area contributed by atoms with Gasteiger partial charge in [-0.3, -0.25) is 9.59 Å². The fraction of sp³-hybridized carbons (Fsp3) is 0.467. The average molecular weight is 349 g/mol. The third kappa shape index (κ3) is 3.96. The number of anilines is 1. The highest BCUT2D eigenvalue weighted by Gasteiger charge is 2.36. The summed E-state index contributed by atoms with van der Waals surface area (Å²) in [4.78, 5) is 25.3. The van der Waals surface area contributed by atoms with Crippen molar-refractivity contribution in [2.45, 2.75) is 37.4 Å². The van der Waals surface area contributed by atoms with Gasteiger partial charge < -0.3 is 10.2 Å². The van der Waals surface area contributed by atoms with Crippen molar-refractivity contribution in [2.75, 3.05) is 11.4 Å². The van der Waals surface area contributed by atoms with E-state index in [0.29, 0.717) is 12.8 Å². The summed E-state index contributed by atoms with van der Waals surface area (Å²) in [7, 11) is 0. The lowest BCUT2D eigenvalue weighted by atomic mass is 10.2. The van der Waals surface area contributed by atoms with Gasteiger partial charge in [-0.15, -0.1) is 11.6 Å². The highest BCUT2D eigenvalue weighted by Crippen LogP contribution is 2.32. The normalized spacial score (nSPS) is 19.8. The number of carbonyl (C=O) groups is 2. The lowest BCUT2D eigenvalue weighted by Gasteiger charge is -2.19. The Morgan fingerprint density at radius 3 is 2.78 bits per heavy atom. The SMILES string of the molecule is CCC(Cl)C(=O)NC1CCN(c2cccc(C(F)(F)F)c2)C1=O.